The Morgan fingerprint density at radius 2 is 1.18 bits per heavy atom. The minimum atomic E-state index is -2.74. The lowest BCUT2D eigenvalue weighted by Gasteiger charge is -2.24. The Morgan fingerprint density at radius 3 is 1.54 bits per heavy atom. The van der Waals surface area contributed by atoms with E-state index in [-0.39, 0.29) is 0 Å². The van der Waals surface area contributed by atoms with Gasteiger partial charge in [-0.05, 0) is 75.2 Å². The number of nitrogens with zero attached hydrogens (tertiary/aromatic N) is 1. The first-order valence-corrected chi connectivity index (χ1v) is 12.3. The molecule has 2 heterocycles. The summed E-state index contributed by atoms with van der Waals surface area (Å²) in [6, 6.07) is 13.0. The third-order valence-corrected chi connectivity index (χ3v) is 6.42. The van der Waals surface area contributed by atoms with Gasteiger partial charge in [-0.3, -0.25) is 9.59 Å². The molecule has 4 N–H and O–H groups in total. The molecule has 39 heavy (non-hydrogen) atoms. The van der Waals surface area contributed by atoms with Gasteiger partial charge in [0.05, 0.1) is 12.8 Å². The third kappa shape index (κ3) is 8.48. The van der Waals surface area contributed by atoms with Crippen molar-refractivity contribution in [3.05, 3.63) is 47.5 Å². The molecule has 0 aromatic heterocycles. The summed E-state index contributed by atoms with van der Waals surface area (Å²) in [6.07, 6.45) is 1.99. The zero-order valence-electron chi connectivity index (χ0n) is 21.8. The number of rotatable bonds is 12. The van der Waals surface area contributed by atoms with Crippen LogP contribution in [0.2, 0.25) is 0 Å². The molecular weight excluding hydrogens is 514 g/mol. The molecule has 12 heteroatoms. The summed E-state index contributed by atoms with van der Waals surface area (Å²) in [7, 11) is 4.31. The lowest BCUT2D eigenvalue weighted by atomic mass is 9.96. The summed E-state index contributed by atoms with van der Waals surface area (Å²) in [5.41, 5.74) is -0.147. The van der Waals surface area contributed by atoms with Crippen LogP contribution >= 0.6 is 0 Å². The first-order valence-electron chi connectivity index (χ1n) is 12.3. The third-order valence-electron chi connectivity index (χ3n) is 6.42. The Kier molecular flexibility index (Phi) is 9.96. The SMILES string of the molecule is CN(C)C(CCc1ccc2c(c1)OCO2)CCc1ccc2c(c1)OCO2.O=C(O)CC(O)(CC(=O)O)C(=O)O. The number of carboxylic acids is 3. The van der Waals surface area contributed by atoms with Crippen molar-refractivity contribution in [2.24, 2.45) is 0 Å². The molecule has 0 amide bonds. The van der Waals surface area contributed by atoms with Crippen LogP contribution in [0.1, 0.15) is 36.8 Å². The van der Waals surface area contributed by atoms with Crippen molar-refractivity contribution in [2.45, 2.75) is 50.2 Å². The van der Waals surface area contributed by atoms with E-state index in [4.69, 9.17) is 39.4 Å². The molecule has 2 aliphatic rings. The van der Waals surface area contributed by atoms with E-state index < -0.39 is 36.4 Å². The van der Waals surface area contributed by atoms with Crippen LogP contribution in [0.4, 0.5) is 0 Å². The van der Waals surface area contributed by atoms with Gasteiger partial charge >= 0.3 is 17.9 Å². The number of hydrogen-bond acceptors (Lipinski definition) is 9. The van der Waals surface area contributed by atoms with E-state index in [1.165, 1.54) is 11.1 Å². The van der Waals surface area contributed by atoms with E-state index >= 15 is 0 Å². The first-order chi connectivity index (χ1) is 18.5. The number of ether oxygens (including phenoxy) is 4. The lowest BCUT2D eigenvalue weighted by Crippen LogP contribution is -2.42. The highest BCUT2D eigenvalue weighted by molar-refractivity contribution is 5.88. The molecular formula is C27H33NO11. The van der Waals surface area contributed by atoms with Crippen LogP contribution in [0.15, 0.2) is 36.4 Å². The number of aliphatic carboxylic acids is 3. The summed E-state index contributed by atoms with van der Waals surface area (Å²) in [6.45, 7) is 0.656. The molecule has 0 fully saturated rings. The van der Waals surface area contributed by atoms with E-state index in [0.29, 0.717) is 19.6 Å². The topological polar surface area (TPSA) is 172 Å². The Morgan fingerprint density at radius 1 is 0.769 bits per heavy atom. The summed E-state index contributed by atoms with van der Waals surface area (Å²) >= 11 is 0. The van der Waals surface area contributed by atoms with E-state index in [9.17, 15) is 14.4 Å². The largest absolute Gasteiger partial charge is 0.481 e. The van der Waals surface area contributed by atoms with Crippen molar-refractivity contribution in [3.63, 3.8) is 0 Å². The van der Waals surface area contributed by atoms with Gasteiger partial charge in [-0.1, -0.05) is 12.1 Å². The molecule has 0 bridgehead atoms. The molecule has 0 spiro atoms. The smallest absolute Gasteiger partial charge is 0.336 e. The van der Waals surface area contributed by atoms with Crippen molar-refractivity contribution in [3.8, 4) is 23.0 Å². The van der Waals surface area contributed by atoms with Crippen LogP contribution < -0.4 is 18.9 Å². The fourth-order valence-corrected chi connectivity index (χ4v) is 4.23. The standard InChI is InChI=1S/C21H25NO4.C6H8O7/c1-22(2)17(7-3-15-5-9-18-20(11-15)25-13-23-18)8-4-16-6-10-19-21(12-16)26-14-24-19;7-3(8)1-6(13,5(11)12)2-4(9)10/h5-6,9-12,17H,3-4,7-8,13-14H2,1-2H3;13H,1-2H2,(H,7,8)(H,9,10)(H,11,12). The molecule has 2 aromatic rings. The van der Waals surface area contributed by atoms with Crippen LogP contribution in [0.3, 0.4) is 0 Å². The fraction of sp³-hybridized carbons (Fsp3) is 0.444. The predicted octanol–water partition coefficient (Wildman–Crippen LogP) is 2.39. The van der Waals surface area contributed by atoms with E-state index in [2.05, 4.69) is 43.3 Å². The summed E-state index contributed by atoms with van der Waals surface area (Å²) in [5, 5.41) is 33.8. The van der Waals surface area contributed by atoms with Crippen molar-refractivity contribution in [2.75, 3.05) is 27.7 Å². The van der Waals surface area contributed by atoms with E-state index in [0.717, 1.165) is 48.7 Å². The highest BCUT2D eigenvalue weighted by Crippen LogP contribution is 2.34. The monoisotopic (exact) mass is 547 g/mol. The maximum atomic E-state index is 10.3. The van der Waals surface area contributed by atoms with Gasteiger partial charge in [-0.15, -0.1) is 0 Å². The van der Waals surface area contributed by atoms with Gasteiger partial charge in [0.2, 0.25) is 13.6 Å². The molecule has 2 aromatic carbocycles. The highest BCUT2D eigenvalue weighted by atomic mass is 16.7. The average Bonchev–Trinajstić information content (AvgIpc) is 3.51. The van der Waals surface area contributed by atoms with Crippen molar-refractivity contribution >= 4 is 17.9 Å². The van der Waals surface area contributed by atoms with Crippen molar-refractivity contribution < 1.29 is 53.8 Å². The van der Waals surface area contributed by atoms with Gasteiger partial charge in [-0.2, -0.15) is 0 Å². The summed E-state index contributed by atoms with van der Waals surface area (Å²) in [4.78, 5) is 32.8. The van der Waals surface area contributed by atoms with Crippen molar-refractivity contribution in [1.29, 1.82) is 0 Å². The van der Waals surface area contributed by atoms with Gasteiger partial charge in [0.25, 0.3) is 0 Å². The second kappa shape index (κ2) is 13.2. The molecule has 0 radical (unpaired) electrons. The van der Waals surface area contributed by atoms with Gasteiger partial charge in [0.15, 0.2) is 28.6 Å². The van der Waals surface area contributed by atoms with E-state index in [1.54, 1.807) is 0 Å². The van der Waals surface area contributed by atoms with Crippen LogP contribution in [0, 0.1) is 0 Å². The number of aliphatic hydroxyl groups is 1. The molecule has 0 saturated carbocycles. The van der Waals surface area contributed by atoms with Gasteiger partial charge in [0.1, 0.15) is 0 Å². The minimum Gasteiger partial charge on any atom is -0.481 e. The molecule has 0 atom stereocenters. The number of benzene rings is 2. The lowest BCUT2D eigenvalue weighted by molar-refractivity contribution is -0.170. The number of carboxylic acid groups (broad SMARTS) is 3. The second-order valence-electron chi connectivity index (χ2n) is 9.55. The number of fused-ring (bicyclic) bond motifs is 2. The summed E-state index contributed by atoms with van der Waals surface area (Å²) < 4.78 is 21.7. The Balaban J connectivity index is 0.000000276. The van der Waals surface area contributed by atoms with Crippen LogP contribution in [-0.2, 0) is 27.2 Å². The number of carbonyl (C=O) groups is 3. The fourth-order valence-electron chi connectivity index (χ4n) is 4.23. The minimum absolute atomic E-state index is 0.328. The van der Waals surface area contributed by atoms with Crippen molar-refractivity contribution in [1.82, 2.24) is 4.90 Å². The Hall–Kier alpha value is -4.03. The molecule has 0 aliphatic carbocycles. The molecule has 2 aliphatic heterocycles. The molecule has 0 saturated heterocycles. The number of aryl methyl sites for hydroxylation is 2. The van der Waals surface area contributed by atoms with Gasteiger partial charge < -0.3 is 44.3 Å². The molecule has 4 rings (SSSR count). The highest BCUT2D eigenvalue weighted by Gasteiger charge is 2.40. The zero-order valence-corrected chi connectivity index (χ0v) is 21.8. The summed E-state index contributed by atoms with van der Waals surface area (Å²) in [5.74, 6) is -1.59. The molecule has 212 valence electrons. The molecule has 12 nitrogen and oxygen atoms in total. The first kappa shape index (κ1) is 29.5. The van der Waals surface area contributed by atoms with E-state index in [1.807, 2.05) is 12.1 Å². The number of hydrogen-bond donors (Lipinski definition) is 4. The average molecular weight is 548 g/mol. The maximum Gasteiger partial charge on any atom is 0.336 e. The normalized spacial score (nSPS) is 13.3. The maximum absolute atomic E-state index is 10.3. The van der Waals surface area contributed by atoms with Gasteiger partial charge in [-0.25, -0.2) is 4.79 Å². The van der Waals surface area contributed by atoms with Gasteiger partial charge in [0, 0.05) is 6.04 Å². The predicted molar refractivity (Wildman–Crippen MR) is 136 cm³/mol. The second-order valence-corrected chi connectivity index (χ2v) is 9.55. The zero-order chi connectivity index (χ0) is 28.6. The quantitative estimate of drug-likeness (QED) is 0.306. The van der Waals surface area contributed by atoms with Crippen LogP contribution in [0.5, 0.6) is 23.0 Å². The van der Waals surface area contributed by atoms with Crippen LogP contribution in [-0.4, -0.2) is 82.6 Å². The molecule has 0 unspecified atom stereocenters. The van der Waals surface area contributed by atoms with Crippen LogP contribution in [0.25, 0.3) is 0 Å². The Bertz CT molecular complexity index is 1100. The Labute approximate surface area is 225 Å².